The van der Waals surface area contributed by atoms with Gasteiger partial charge in [0.15, 0.2) is 0 Å². The minimum Gasteiger partial charge on any atom is -0.464 e. The highest BCUT2D eigenvalue weighted by Gasteiger charge is 2.23. The number of esters is 1. The summed E-state index contributed by atoms with van der Waals surface area (Å²) in [6.07, 6.45) is 0.946. The molecule has 0 bridgehead atoms. The van der Waals surface area contributed by atoms with Crippen LogP contribution in [0, 0.1) is 0 Å². The second-order valence-corrected chi connectivity index (χ2v) is 4.67. The summed E-state index contributed by atoms with van der Waals surface area (Å²) in [4.78, 5) is 16.2. The Kier molecular flexibility index (Phi) is 3.17. The van der Waals surface area contributed by atoms with Crippen LogP contribution in [0.1, 0.15) is 28.5 Å². The average molecular weight is 257 g/mol. The van der Waals surface area contributed by atoms with Crippen molar-refractivity contribution in [2.75, 3.05) is 20.3 Å². The van der Waals surface area contributed by atoms with Gasteiger partial charge in [0.1, 0.15) is 5.69 Å². The molecule has 0 aliphatic carbocycles. The van der Waals surface area contributed by atoms with Crippen molar-refractivity contribution in [2.24, 2.45) is 0 Å². The van der Waals surface area contributed by atoms with E-state index in [-0.39, 0.29) is 5.92 Å². The Hall–Kier alpha value is -1.94. The zero-order valence-corrected chi connectivity index (χ0v) is 10.8. The Labute approximate surface area is 111 Å². The molecule has 1 saturated heterocycles. The van der Waals surface area contributed by atoms with Gasteiger partial charge in [-0.1, -0.05) is 24.3 Å². The molecule has 0 spiro atoms. The van der Waals surface area contributed by atoms with Crippen LogP contribution in [0.25, 0.3) is 10.8 Å². The van der Waals surface area contributed by atoms with Gasteiger partial charge in [-0.3, -0.25) is 0 Å². The monoisotopic (exact) mass is 257 g/mol. The fourth-order valence-corrected chi connectivity index (χ4v) is 2.50. The lowest BCUT2D eigenvalue weighted by Crippen LogP contribution is -2.09. The van der Waals surface area contributed by atoms with Crippen LogP contribution in [-0.4, -0.2) is 31.3 Å². The highest BCUT2D eigenvalue weighted by atomic mass is 16.5. The quantitative estimate of drug-likeness (QED) is 0.776. The summed E-state index contributed by atoms with van der Waals surface area (Å²) in [5.41, 5.74) is 1.30. The summed E-state index contributed by atoms with van der Waals surface area (Å²) in [5.74, 6) is -0.138. The van der Waals surface area contributed by atoms with Crippen LogP contribution in [0.3, 0.4) is 0 Å². The van der Waals surface area contributed by atoms with Crippen molar-refractivity contribution in [1.29, 1.82) is 0 Å². The fraction of sp³-hybridized carbons (Fsp3) is 0.333. The Morgan fingerprint density at radius 1 is 1.42 bits per heavy atom. The maximum atomic E-state index is 11.7. The van der Waals surface area contributed by atoms with Gasteiger partial charge >= 0.3 is 5.97 Å². The lowest BCUT2D eigenvalue weighted by atomic mass is 9.98. The number of benzene rings is 1. The van der Waals surface area contributed by atoms with E-state index in [1.807, 2.05) is 24.3 Å². The van der Waals surface area contributed by atoms with Gasteiger partial charge in [0, 0.05) is 17.9 Å². The summed E-state index contributed by atoms with van der Waals surface area (Å²) in [6.45, 7) is 1.42. The molecule has 2 heterocycles. The van der Waals surface area contributed by atoms with E-state index in [2.05, 4.69) is 4.98 Å². The molecule has 2 aromatic rings. The number of hydrogen-bond acceptors (Lipinski definition) is 4. The second-order valence-electron chi connectivity index (χ2n) is 4.67. The Balaban J connectivity index is 2.18. The number of ether oxygens (including phenoxy) is 2. The third kappa shape index (κ3) is 2.19. The predicted octanol–water partition coefficient (Wildman–Crippen LogP) is 2.53. The first-order chi connectivity index (χ1) is 9.29. The van der Waals surface area contributed by atoms with Crippen LogP contribution < -0.4 is 0 Å². The highest BCUT2D eigenvalue weighted by Crippen LogP contribution is 2.30. The molecule has 1 fully saturated rings. The molecule has 98 valence electrons. The number of pyridine rings is 1. The summed E-state index contributed by atoms with van der Waals surface area (Å²) < 4.78 is 10.2. The van der Waals surface area contributed by atoms with Crippen LogP contribution in [-0.2, 0) is 9.47 Å². The van der Waals surface area contributed by atoms with Crippen LogP contribution in [0.2, 0.25) is 0 Å². The van der Waals surface area contributed by atoms with Crippen molar-refractivity contribution in [1.82, 2.24) is 4.98 Å². The zero-order valence-electron chi connectivity index (χ0n) is 10.8. The number of carbonyl (C=O) groups is 1. The second kappa shape index (κ2) is 4.97. The van der Waals surface area contributed by atoms with Gasteiger partial charge in [0.25, 0.3) is 0 Å². The van der Waals surface area contributed by atoms with E-state index < -0.39 is 5.97 Å². The Morgan fingerprint density at radius 2 is 2.26 bits per heavy atom. The van der Waals surface area contributed by atoms with Crippen LogP contribution >= 0.6 is 0 Å². The average Bonchev–Trinajstić information content (AvgIpc) is 2.99. The minimum atomic E-state index is -0.397. The van der Waals surface area contributed by atoms with E-state index in [0.29, 0.717) is 12.3 Å². The summed E-state index contributed by atoms with van der Waals surface area (Å²) in [6, 6.07) is 9.75. The van der Waals surface area contributed by atoms with E-state index in [1.54, 1.807) is 6.07 Å². The van der Waals surface area contributed by atoms with Gasteiger partial charge in [-0.2, -0.15) is 0 Å². The molecule has 1 atom stereocenters. The number of fused-ring (bicyclic) bond motifs is 1. The molecule has 0 N–H and O–H groups in total. The Bertz CT molecular complexity index is 618. The van der Waals surface area contributed by atoms with Gasteiger partial charge in [-0.15, -0.1) is 0 Å². The molecule has 1 aromatic carbocycles. The molecule has 19 heavy (non-hydrogen) atoms. The highest BCUT2D eigenvalue weighted by molar-refractivity contribution is 5.94. The van der Waals surface area contributed by atoms with Gasteiger partial charge in [0.05, 0.1) is 19.4 Å². The lowest BCUT2D eigenvalue weighted by molar-refractivity contribution is 0.0594. The molecule has 1 aromatic heterocycles. The molecular weight excluding hydrogens is 242 g/mol. The normalized spacial score (nSPS) is 18.7. The summed E-state index contributed by atoms with van der Waals surface area (Å²) in [5, 5.41) is 2.10. The van der Waals surface area contributed by atoms with Crippen LogP contribution in [0.15, 0.2) is 30.3 Å². The lowest BCUT2D eigenvalue weighted by Gasteiger charge is -2.12. The number of carbonyl (C=O) groups excluding carboxylic acids is 1. The third-order valence-electron chi connectivity index (χ3n) is 3.48. The smallest absolute Gasteiger partial charge is 0.356 e. The molecule has 3 rings (SSSR count). The molecule has 0 radical (unpaired) electrons. The van der Waals surface area contributed by atoms with E-state index in [4.69, 9.17) is 9.47 Å². The molecule has 1 aliphatic rings. The van der Waals surface area contributed by atoms with Crippen molar-refractivity contribution in [3.05, 3.63) is 41.7 Å². The summed E-state index contributed by atoms with van der Waals surface area (Å²) >= 11 is 0. The largest absolute Gasteiger partial charge is 0.464 e. The van der Waals surface area contributed by atoms with E-state index in [9.17, 15) is 4.79 Å². The minimum absolute atomic E-state index is 0.259. The number of hydrogen-bond donors (Lipinski definition) is 0. The van der Waals surface area contributed by atoms with Crippen molar-refractivity contribution < 1.29 is 14.3 Å². The molecule has 1 unspecified atom stereocenters. The van der Waals surface area contributed by atoms with Crippen molar-refractivity contribution in [2.45, 2.75) is 12.3 Å². The molecule has 1 aliphatic heterocycles. The molecule has 4 heteroatoms. The third-order valence-corrected chi connectivity index (χ3v) is 3.48. The first-order valence-electron chi connectivity index (χ1n) is 6.35. The van der Waals surface area contributed by atoms with Gasteiger partial charge < -0.3 is 9.47 Å². The van der Waals surface area contributed by atoms with E-state index in [0.717, 1.165) is 29.5 Å². The molecule has 0 amide bonds. The Morgan fingerprint density at radius 3 is 3.00 bits per heavy atom. The van der Waals surface area contributed by atoms with Crippen LogP contribution in [0.5, 0.6) is 0 Å². The number of aromatic nitrogens is 1. The first kappa shape index (κ1) is 12.1. The number of nitrogens with zero attached hydrogens (tertiary/aromatic N) is 1. The molecule has 0 saturated carbocycles. The van der Waals surface area contributed by atoms with Gasteiger partial charge in [-0.05, 0) is 17.9 Å². The molecular formula is C15H15NO3. The van der Waals surface area contributed by atoms with Crippen molar-refractivity contribution >= 4 is 16.7 Å². The first-order valence-corrected chi connectivity index (χ1v) is 6.35. The number of rotatable bonds is 2. The maximum Gasteiger partial charge on any atom is 0.356 e. The SMILES string of the molecule is COC(=O)c1cc2ccccc2c(C2CCOC2)n1. The zero-order chi connectivity index (χ0) is 13.2. The topological polar surface area (TPSA) is 48.4 Å². The van der Waals surface area contributed by atoms with E-state index in [1.165, 1.54) is 7.11 Å². The molecule has 4 nitrogen and oxygen atoms in total. The summed E-state index contributed by atoms with van der Waals surface area (Å²) in [7, 11) is 1.37. The van der Waals surface area contributed by atoms with E-state index >= 15 is 0 Å². The standard InChI is InChI=1S/C15H15NO3/c1-18-15(17)13-8-10-4-2-3-5-12(10)14(16-13)11-6-7-19-9-11/h2-5,8,11H,6-7,9H2,1H3. The fourth-order valence-electron chi connectivity index (χ4n) is 2.50. The maximum absolute atomic E-state index is 11.7. The van der Waals surface area contributed by atoms with Crippen molar-refractivity contribution in [3.63, 3.8) is 0 Å². The van der Waals surface area contributed by atoms with Gasteiger partial charge in [0.2, 0.25) is 0 Å². The predicted molar refractivity (Wildman–Crippen MR) is 71.3 cm³/mol. The van der Waals surface area contributed by atoms with Crippen LogP contribution in [0.4, 0.5) is 0 Å². The number of methoxy groups -OCH3 is 1. The van der Waals surface area contributed by atoms with Gasteiger partial charge in [-0.25, -0.2) is 9.78 Å². The van der Waals surface area contributed by atoms with Crippen molar-refractivity contribution in [3.8, 4) is 0 Å².